The van der Waals surface area contributed by atoms with Gasteiger partial charge in [-0.1, -0.05) is 53.1 Å². The molecule has 0 saturated carbocycles. The highest BCUT2D eigenvalue weighted by molar-refractivity contribution is 6.90. The first-order valence-corrected chi connectivity index (χ1v) is 16.4. The first-order valence-electron chi connectivity index (χ1n) is 9.53. The number of rotatable bonds is 8. The van der Waals surface area contributed by atoms with Gasteiger partial charge in [0.05, 0.1) is 0 Å². The minimum Gasteiger partial charge on any atom is -0.427 e. The quantitative estimate of drug-likeness (QED) is 0.315. The van der Waals surface area contributed by atoms with Crippen LogP contribution in [-0.2, 0) is 9.53 Å². The van der Waals surface area contributed by atoms with Crippen molar-refractivity contribution in [2.24, 2.45) is 5.92 Å². The molecule has 0 aliphatic heterocycles. The molecule has 0 aliphatic carbocycles. The molecule has 25 heavy (non-hydrogen) atoms. The molecule has 0 rings (SSSR count). The normalized spacial score (nSPS) is 14.1. The smallest absolute Gasteiger partial charge is 0.307 e. The Morgan fingerprint density at radius 1 is 0.800 bits per heavy atom. The lowest BCUT2D eigenvalue weighted by molar-refractivity contribution is -0.138. The maximum Gasteiger partial charge on any atom is 0.307 e. The van der Waals surface area contributed by atoms with Gasteiger partial charge >= 0.3 is 5.97 Å². The standard InChI is InChI=1S/C19H42N2O2Si2/c1-14(2)18(23-17(7)22)19(20(15(3)4)16(5)6)21(24(8,9)10)25(11,12)13/h14-16H,1-13H3/b19-18-. The summed E-state index contributed by atoms with van der Waals surface area (Å²) < 4.78 is 8.51. The van der Waals surface area contributed by atoms with Crippen molar-refractivity contribution in [3.8, 4) is 0 Å². The molecule has 6 heteroatoms. The Bertz CT molecular complexity index is 465. The number of hydrogen-bond donors (Lipinski definition) is 0. The molecule has 0 aromatic heterocycles. The van der Waals surface area contributed by atoms with Gasteiger partial charge in [0.1, 0.15) is 28.1 Å². The zero-order chi connectivity index (χ0) is 20.3. The Hall–Kier alpha value is -0.756. The Morgan fingerprint density at radius 3 is 1.36 bits per heavy atom. The SMILES string of the molecule is CC(=O)O/C(=C(/N(C(C)C)C(C)C)N([Si](C)(C)C)[Si](C)(C)C)C(C)C. The summed E-state index contributed by atoms with van der Waals surface area (Å²) in [7, 11) is -3.39. The van der Waals surface area contributed by atoms with Crippen LogP contribution in [-0.4, -0.2) is 43.7 Å². The van der Waals surface area contributed by atoms with E-state index in [1.807, 2.05) is 0 Å². The van der Waals surface area contributed by atoms with Gasteiger partial charge in [0.25, 0.3) is 0 Å². The Kier molecular flexibility index (Phi) is 8.49. The predicted molar refractivity (Wildman–Crippen MR) is 114 cm³/mol. The third-order valence-electron chi connectivity index (χ3n) is 3.91. The van der Waals surface area contributed by atoms with Crippen LogP contribution in [0.2, 0.25) is 39.3 Å². The summed E-state index contributed by atoms with van der Waals surface area (Å²) >= 11 is 0. The van der Waals surface area contributed by atoms with Crippen molar-refractivity contribution < 1.29 is 9.53 Å². The second-order valence-corrected chi connectivity index (χ2v) is 19.7. The van der Waals surface area contributed by atoms with Gasteiger partial charge in [0.15, 0.2) is 0 Å². The number of hydrogen-bond acceptors (Lipinski definition) is 4. The third kappa shape index (κ3) is 6.81. The average molecular weight is 387 g/mol. The van der Waals surface area contributed by atoms with Gasteiger partial charge in [-0.25, -0.2) is 0 Å². The lowest BCUT2D eigenvalue weighted by Crippen LogP contribution is -2.62. The first-order chi connectivity index (χ1) is 11.0. The van der Waals surface area contributed by atoms with Crippen LogP contribution in [0.5, 0.6) is 0 Å². The highest BCUT2D eigenvalue weighted by Crippen LogP contribution is 2.34. The molecule has 0 radical (unpaired) electrons. The van der Waals surface area contributed by atoms with E-state index in [2.05, 4.69) is 90.0 Å². The molecule has 148 valence electrons. The molecule has 0 aromatic carbocycles. The molecule has 0 N–H and O–H groups in total. The van der Waals surface area contributed by atoms with Crippen molar-refractivity contribution >= 4 is 22.4 Å². The molecule has 0 atom stereocenters. The van der Waals surface area contributed by atoms with E-state index in [9.17, 15) is 4.79 Å². The highest BCUT2D eigenvalue weighted by Gasteiger charge is 2.41. The largest absolute Gasteiger partial charge is 0.427 e. The molecule has 0 aromatic rings. The minimum atomic E-state index is -1.70. The summed E-state index contributed by atoms with van der Waals surface area (Å²) in [5.74, 6) is 1.88. The molecule has 0 aliphatic rings. The first kappa shape index (κ1) is 24.2. The van der Waals surface area contributed by atoms with Crippen molar-refractivity contribution in [2.45, 2.75) is 99.8 Å². The van der Waals surface area contributed by atoms with Gasteiger partial charge in [-0.2, -0.15) is 0 Å². The molecule has 4 nitrogen and oxygen atoms in total. The van der Waals surface area contributed by atoms with Gasteiger partial charge in [0, 0.05) is 24.9 Å². The van der Waals surface area contributed by atoms with E-state index < -0.39 is 16.5 Å². The van der Waals surface area contributed by atoms with Crippen LogP contribution in [0, 0.1) is 5.92 Å². The van der Waals surface area contributed by atoms with Crippen LogP contribution >= 0.6 is 0 Å². The molecular formula is C19H42N2O2Si2. The molecule has 0 heterocycles. The van der Waals surface area contributed by atoms with Crippen molar-refractivity contribution in [1.82, 2.24) is 9.13 Å². The zero-order valence-electron chi connectivity index (χ0n) is 18.9. The van der Waals surface area contributed by atoms with E-state index >= 15 is 0 Å². The molecule has 0 bridgehead atoms. The average Bonchev–Trinajstić information content (AvgIpc) is 2.29. The summed E-state index contributed by atoms with van der Waals surface area (Å²) in [5, 5.41) is 0. The van der Waals surface area contributed by atoms with Crippen LogP contribution < -0.4 is 0 Å². The number of esters is 1. The number of carbonyl (C=O) groups excluding carboxylic acids is 1. The predicted octanol–water partition coefficient (Wildman–Crippen LogP) is 5.47. The molecule has 0 fully saturated rings. The van der Waals surface area contributed by atoms with Crippen LogP contribution in [0.15, 0.2) is 11.6 Å². The summed E-state index contributed by atoms with van der Waals surface area (Å²) in [6.45, 7) is 28.9. The number of nitrogens with zero attached hydrogens (tertiary/aromatic N) is 2. The summed E-state index contributed by atoms with van der Waals surface area (Å²) in [6.07, 6.45) is 0. The van der Waals surface area contributed by atoms with E-state index in [4.69, 9.17) is 4.74 Å². The molecule has 0 saturated heterocycles. The van der Waals surface area contributed by atoms with Crippen molar-refractivity contribution in [2.75, 3.05) is 0 Å². The molecular weight excluding hydrogens is 344 g/mol. The van der Waals surface area contributed by atoms with Gasteiger partial charge in [-0.15, -0.1) is 0 Å². The van der Waals surface area contributed by atoms with Gasteiger partial charge < -0.3 is 13.9 Å². The zero-order valence-corrected chi connectivity index (χ0v) is 20.9. The molecule has 0 amide bonds. The van der Waals surface area contributed by atoms with E-state index in [0.717, 1.165) is 11.6 Å². The second-order valence-electron chi connectivity index (χ2n) is 9.71. The molecule has 0 unspecified atom stereocenters. The highest BCUT2D eigenvalue weighted by atomic mass is 28.4. The maximum atomic E-state index is 11.9. The van der Waals surface area contributed by atoms with E-state index in [0.29, 0.717) is 12.1 Å². The summed E-state index contributed by atoms with van der Waals surface area (Å²) in [5.41, 5.74) is 0. The van der Waals surface area contributed by atoms with E-state index in [1.165, 1.54) is 6.92 Å². The van der Waals surface area contributed by atoms with Crippen molar-refractivity contribution in [1.29, 1.82) is 0 Å². The third-order valence-corrected chi connectivity index (χ3v) is 11.0. The fourth-order valence-corrected chi connectivity index (χ4v) is 13.4. The minimum absolute atomic E-state index is 0.147. The van der Waals surface area contributed by atoms with Crippen molar-refractivity contribution in [3.63, 3.8) is 0 Å². The Labute approximate surface area is 158 Å². The Morgan fingerprint density at radius 2 is 1.16 bits per heavy atom. The van der Waals surface area contributed by atoms with Crippen LogP contribution in [0.25, 0.3) is 0 Å². The van der Waals surface area contributed by atoms with Gasteiger partial charge in [-0.3, -0.25) is 4.79 Å². The van der Waals surface area contributed by atoms with Crippen LogP contribution in [0.1, 0.15) is 48.5 Å². The maximum absolute atomic E-state index is 11.9. The topological polar surface area (TPSA) is 32.8 Å². The van der Waals surface area contributed by atoms with Gasteiger partial charge in [-0.05, 0) is 27.7 Å². The fourth-order valence-electron chi connectivity index (χ4n) is 3.66. The number of allylic oxidation sites excluding steroid dienone is 1. The Balaban J connectivity index is 6.93. The summed E-state index contributed by atoms with van der Waals surface area (Å²) in [6, 6.07) is 0.656. The second kappa shape index (κ2) is 8.76. The van der Waals surface area contributed by atoms with Crippen LogP contribution in [0.4, 0.5) is 0 Å². The van der Waals surface area contributed by atoms with E-state index in [1.54, 1.807) is 0 Å². The van der Waals surface area contributed by atoms with Crippen molar-refractivity contribution in [3.05, 3.63) is 11.6 Å². The number of ether oxygens (including phenoxy) is 1. The molecule has 0 spiro atoms. The monoisotopic (exact) mass is 386 g/mol. The summed E-state index contributed by atoms with van der Waals surface area (Å²) in [4.78, 5) is 14.3. The van der Waals surface area contributed by atoms with E-state index in [-0.39, 0.29) is 11.9 Å². The fraction of sp³-hybridized carbons (Fsp3) is 0.842. The lowest BCUT2D eigenvalue weighted by atomic mass is 10.1. The van der Waals surface area contributed by atoms with Crippen LogP contribution in [0.3, 0.4) is 0 Å². The van der Waals surface area contributed by atoms with Gasteiger partial charge in [0.2, 0.25) is 0 Å². The lowest BCUT2D eigenvalue weighted by Gasteiger charge is -2.52. The number of carbonyl (C=O) groups is 1.